The third-order valence-corrected chi connectivity index (χ3v) is 3.18. The molecule has 3 nitrogen and oxygen atoms in total. The summed E-state index contributed by atoms with van der Waals surface area (Å²) < 4.78 is 10.0. The lowest BCUT2D eigenvalue weighted by Crippen LogP contribution is -2.07. The molecule has 0 saturated carbocycles. The minimum absolute atomic E-state index is 0.183. The van der Waals surface area contributed by atoms with Gasteiger partial charge in [-0.3, -0.25) is 0 Å². The fourth-order valence-corrected chi connectivity index (χ4v) is 1.81. The molecular formula is C15H14O3S2. The Morgan fingerprint density at radius 2 is 1.10 bits per heavy atom. The lowest BCUT2D eigenvalue weighted by atomic mass is 10.2. The SMILES string of the molecule is O=C(OCc1ccc(S)cc1)OCc1ccc(S)cc1. The Bertz CT molecular complexity index is 513. The number of ether oxygens (including phenoxy) is 2. The number of carbonyl (C=O) groups excluding carboxylic acids is 1. The van der Waals surface area contributed by atoms with Crippen molar-refractivity contribution in [2.24, 2.45) is 0 Å². The minimum atomic E-state index is -0.685. The Labute approximate surface area is 128 Å². The van der Waals surface area contributed by atoms with Gasteiger partial charge in [0.25, 0.3) is 0 Å². The average Bonchev–Trinajstić information content (AvgIpc) is 2.46. The van der Waals surface area contributed by atoms with Crippen molar-refractivity contribution in [1.29, 1.82) is 0 Å². The zero-order valence-electron chi connectivity index (χ0n) is 10.7. The van der Waals surface area contributed by atoms with Crippen molar-refractivity contribution in [3.63, 3.8) is 0 Å². The monoisotopic (exact) mass is 306 g/mol. The summed E-state index contributed by atoms with van der Waals surface area (Å²) in [6.07, 6.45) is -0.685. The van der Waals surface area contributed by atoms with Crippen molar-refractivity contribution in [1.82, 2.24) is 0 Å². The zero-order valence-corrected chi connectivity index (χ0v) is 12.4. The van der Waals surface area contributed by atoms with E-state index in [1.165, 1.54) is 0 Å². The highest BCUT2D eigenvalue weighted by atomic mass is 32.1. The second-order valence-corrected chi connectivity index (χ2v) is 5.19. The van der Waals surface area contributed by atoms with Crippen LogP contribution in [0.4, 0.5) is 4.79 Å². The van der Waals surface area contributed by atoms with Crippen LogP contribution in [-0.4, -0.2) is 6.16 Å². The Morgan fingerprint density at radius 3 is 1.45 bits per heavy atom. The van der Waals surface area contributed by atoms with Crippen LogP contribution in [0.15, 0.2) is 58.3 Å². The van der Waals surface area contributed by atoms with E-state index in [9.17, 15) is 4.79 Å². The molecule has 0 spiro atoms. The molecule has 2 rings (SSSR count). The molecule has 2 aromatic rings. The summed E-state index contributed by atoms with van der Waals surface area (Å²) in [6, 6.07) is 14.8. The predicted molar refractivity (Wildman–Crippen MR) is 82.4 cm³/mol. The van der Waals surface area contributed by atoms with Crippen molar-refractivity contribution in [3.8, 4) is 0 Å². The van der Waals surface area contributed by atoms with Crippen molar-refractivity contribution in [2.75, 3.05) is 0 Å². The molecule has 2 aromatic carbocycles. The molecule has 0 N–H and O–H groups in total. The summed E-state index contributed by atoms with van der Waals surface area (Å²) in [6.45, 7) is 0.366. The fraction of sp³-hybridized carbons (Fsp3) is 0.133. The molecule has 0 radical (unpaired) electrons. The number of benzene rings is 2. The molecule has 0 aliphatic carbocycles. The minimum Gasteiger partial charge on any atom is -0.429 e. The maximum absolute atomic E-state index is 11.4. The van der Waals surface area contributed by atoms with Gasteiger partial charge in [-0.25, -0.2) is 4.79 Å². The van der Waals surface area contributed by atoms with Crippen LogP contribution in [0.25, 0.3) is 0 Å². The van der Waals surface area contributed by atoms with Crippen LogP contribution in [0, 0.1) is 0 Å². The van der Waals surface area contributed by atoms with Gasteiger partial charge < -0.3 is 9.47 Å². The number of carbonyl (C=O) groups is 1. The first kappa shape index (κ1) is 14.8. The van der Waals surface area contributed by atoms with Crippen molar-refractivity contribution < 1.29 is 14.3 Å². The van der Waals surface area contributed by atoms with Gasteiger partial charge in [0.2, 0.25) is 0 Å². The number of thiol groups is 2. The van der Waals surface area contributed by atoms with Gasteiger partial charge in [0.1, 0.15) is 13.2 Å². The van der Waals surface area contributed by atoms with Gasteiger partial charge in [-0.1, -0.05) is 24.3 Å². The molecule has 20 heavy (non-hydrogen) atoms. The maximum Gasteiger partial charge on any atom is 0.508 e. The number of hydrogen-bond acceptors (Lipinski definition) is 5. The number of rotatable bonds is 4. The van der Waals surface area contributed by atoms with Crippen LogP contribution in [-0.2, 0) is 22.7 Å². The summed E-state index contributed by atoms with van der Waals surface area (Å²) in [7, 11) is 0. The van der Waals surface area contributed by atoms with Crippen LogP contribution < -0.4 is 0 Å². The first-order chi connectivity index (χ1) is 9.63. The van der Waals surface area contributed by atoms with E-state index in [1.807, 2.05) is 48.5 Å². The van der Waals surface area contributed by atoms with E-state index in [0.29, 0.717) is 0 Å². The molecule has 0 bridgehead atoms. The second-order valence-electron chi connectivity index (χ2n) is 4.16. The molecular weight excluding hydrogens is 292 g/mol. The quantitative estimate of drug-likeness (QED) is 0.659. The Hall–Kier alpha value is -1.59. The van der Waals surface area contributed by atoms with E-state index in [-0.39, 0.29) is 13.2 Å². The van der Waals surface area contributed by atoms with Crippen molar-refractivity contribution >= 4 is 31.4 Å². The highest BCUT2D eigenvalue weighted by molar-refractivity contribution is 7.80. The Kier molecular flexibility index (Phi) is 5.38. The molecule has 0 unspecified atom stereocenters. The van der Waals surface area contributed by atoms with Crippen LogP contribution in [0.2, 0.25) is 0 Å². The predicted octanol–water partition coefficient (Wildman–Crippen LogP) is 4.12. The van der Waals surface area contributed by atoms with E-state index in [0.717, 1.165) is 20.9 Å². The van der Waals surface area contributed by atoms with E-state index in [2.05, 4.69) is 25.3 Å². The van der Waals surface area contributed by atoms with Gasteiger partial charge in [0.15, 0.2) is 0 Å². The van der Waals surface area contributed by atoms with Gasteiger partial charge >= 0.3 is 6.16 Å². The molecule has 0 heterocycles. The van der Waals surface area contributed by atoms with Crippen molar-refractivity contribution in [2.45, 2.75) is 23.0 Å². The molecule has 0 aromatic heterocycles. The summed E-state index contributed by atoms with van der Waals surface area (Å²) in [5, 5.41) is 0. The maximum atomic E-state index is 11.4. The highest BCUT2D eigenvalue weighted by Crippen LogP contribution is 2.11. The van der Waals surface area contributed by atoms with E-state index >= 15 is 0 Å². The third kappa shape index (κ3) is 4.83. The normalized spacial score (nSPS) is 10.1. The molecule has 0 amide bonds. The molecule has 0 atom stereocenters. The van der Waals surface area contributed by atoms with E-state index in [1.54, 1.807) is 0 Å². The first-order valence-electron chi connectivity index (χ1n) is 5.99. The highest BCUT2D eigenvalue weighted by Gasteiger charge is 2.05. The second kappa shape index (κ2) is 7.26. The summed E-state index contributed by atoms with van der Waals surface area (Å²) in [4.78, 5) is 13.2. The lowest BCUT2D eigenvalue weighted by Gasteiger charge is -2.07. The van der Waals surface area contributed by atoms with Crippen LogP contribution in [0.5, 0.6) is 0 Å². The Balaban J connectivity index is 1.75. The summed E-state index contributed by atoms with van der Waals surface area (Å²) in [5.74, 6) is 0. The molecule has 104 valence electrons. The standard InChI is InChI=1S/C15H14O3S2/c16-15(17-9-11-1-5-13(19)6-2-11)18-10-12-3-7-14(20)8-4-12/h1-8,19-20H,9-10H2. The molecule has 0 saturated heterocycles. The van der Waals surface area contributed by atoms with Gasteiger partial charge in [-0.15, -0.1) is 25.3 Å². The van der Waals surface area contributed by atoms with Crippen LogP contribution >= 0.6 is 25.3 Å². The van der Waals surface area contributed by atoms with E-state index < -0.39 is 6.16 Å². The van der Waals surface area contributed by atoms with Crippen LogP contribution in [0.3, 0.4) is 0 Å². The first-order valence-corrected chi connectivity index (χ1v) is 6.88. The van der Waals surface area contributed by atoms with Crippen molar-refractivity contribution in [3.05, 3.63) is 59.7 Å². The third-order valence-electron chi connectivity index (χ3n) is 2.59. The lowest BCUT2D eigenvalue weighted by molar-refractivity contribution is 0.0446. The zero-order chi connectivity index (χ0) is 14.4. The molecule has 0 fully saturated rings. The topological polar surface area (TPSA) is 35.5 Å². The summed E-state index contributed by atoms with van der Waals surface area (Å²) >= 11 is 8.37. The van der Waals surface area contributed by atoms with Gasteiger partial charge in [-0.05, 0) is 35.4 Å². The van der Waals surface area contributed by atoms with Crippen LogP contribution in [0.1, 0.15) is 11.1 Å². The molecule has 5 heteroatoms. The van der Waals surface area contributed by atoms with Gasteiger partial charge in [-0.2, -0.15) is 0 Å². The van der Waals surface area contributed by atoms with Gasteiger partial charge in [0, 0.05) is 9.79 Å². The van der Waals surface area contributed by atoms with Gasteiger partial charge in [0.05, 0.1) is 0 Å². The number of hydrogen-bond donors (Lipinski definition) is 2. The molecule has 0 aliphatic rings. The fourth-order valence-electron chi connectivity index (χ4n) is 1.51. The molecule has 0 aliphatic heterocycles. The smallest absolute Gasteiger partial charge is 0.429 e. The largest absolute Gasteiger partial charge is 0.508 e. The average molecular weight is 306 g/mol. The Morgan fingerprint density at radius 1 is 0.750 bits per heavy atom. The summed E-state index contributed by atoms with van der Waals surface area (Å²) in [5.41, 5.74) is 1.78. The van der Waals surface area contributed by atoms with E-state index in [4.69, 9.17) is 9.47 Å².